The molecule has 0 saturated carbocycles. The Bertz CT molecular complexity index is 1280. The Morgan fingerprint density at radius 1 is 1.10 bits per heavy atom. The first kappa shape index (κ1) is 29.0. The number of carbonyl (C=O) groups is 1. The lowest BCUT2D eigenvalue weighted by atomic mass is 9.68. The third-order valence-corrected chi connectivity index (χ3v) is 9.04. The van der Waals surface area contributed by atoms with Crippen LogP contribution in [0, 0.1) is 17.5 Å². The number of ether oxygens (including phenoxy) is 1. The molecule has 5 nitrogen and oxygen atoms in total. The molecule has 4 rings (SSSR count). The summed E-state index contributed by atoms with van der Waals surface area (Å²) in [4.78, 5) is 19.9. The Labute approximate surface area is 230 Å². The molecule has 0 bridgehead atoms. The highest BCUT2D eigenvalue weighted by Crippen LogP contribution is 2.55. The van der Waals surface area contributed by atoms with Crippen LogP contribution in [0.5, 0.6) is 0 Å². The Morgan fingerprint density at radius 2 is 1.82 bits per heavy atom. The van der Waals surface area contributed by atoms with Crippen LogP contribution in [0.3, 0.4) is 0 Å². The molecule has 210 valence electrons. The number of nitrogens with one attached hydrogen (secondary N) is 1. The van der Waals surface area contributed by atoms with Crippen molar-refractivity contribution in [1.29, 1.82) is 0 Å². The molecule has 1 fully saturated rings. The summed E-state index contributed by atoms with van der Waals surface area (Å²) in [5.74, 6) is 0. The number of alkyl halides is 3. The SMILES string of the molecule is Cc1ccc(C(C)(C)N2CC[C@@](CCc3ccc(F)s3)(C(C)(OC(=O)Nc3ccccc3)C(F)(F)F)C2)cn1. The molecule has 1 saturated heterocycles. The van der Waals surface area contributed by atoms with Crippen LogP contribution in [-0.2, 0) is 16.7 Å². The molecule has 2 aromatic heterocycles. The quantitative estimate of drug-likeness (QED) is 0.285. The van der Waals surface area contributed by atoms with Gasteiger partial charge in [0.2, 0.25) is 5.60 Å². The molecule has 1 unspecified atom stereocenters. The van der Waals surface area contributed by atoms with Crippen molar-refractivity contribution in [2.75, 3.05) is 18.4 Å². The first-order chi connectivity index (χ1) is 18.3. The number of halogens is 4. The first-order valence-corrected chi connectivity index (χ1v) is 13.6. The summed E-state index contributed by atoms with van der Waals surface area (Å²) in [6.07, 6.45) is -3.88. The average Bonchev–Trinajstić information content (AvgIpc) is 3.50. The number of likely N-dealkylation sites (tertiary alicyclic amines) is 1. The van der Waals surface area contributed by atoms with Crippen LogP contribution < -0.4 is 5.32 Å². The van der Waals surface area contributed by atoms with Gasteiger partial charge in [0.05, 0.1) is 0 Å². The maximum absolute atomic E-state index is 15.0. The highest BCUT2D eigenvalue weighted by molar-refractivity contribution is 7.10. The molecule has 1 aliphatic rings. The number of pyridine rings is 1. The maximum atomic E-state index is 15.0. The number of para-hydroxylation sites is 1. The average molecular weight is 564 g/mol. The maximum Gasteiger partial charge on any atom is 0.428 e. The van der Waals surface area contributed by atoms with Crippen molar-refractivity contribution in [3.8, 4) is 0 Å². The minimum Gasteiger partial charge on any atom is -0.433 e. The number of aryl methyl sites for hydroxylation is 2. The largest absolute Gasteiger partial charge is 0.433 e. The summed E-state index contributed by atoms with van der Waals surface area (Å²) in [5.41, 5.74) is -2.89. The smallest absolute Gasteiger partial charge is 0.428 e. The summed E-state index contributed by atoms with van der Waals surface area (Å²) in [5, 5.41) is 2.04. The van der Waals surface area contributed by atoms with Gasteiger partial charge in [-0.15, -0.1) is 11.3 Å². The van der Waals surface area contributed by atoms with Gasteiger partial charge in [-0.05, 0) is 89.4 Å². The Balaban J connectivity index is 1.69. The number of nitrogens with zero attached hydrogens (tertiary/aromatic N) is 2. The normalized spacial score (nSPS) is 20.0. The van der Waals surface area contributed by atoms with Gasteiger partial charge in [-0.3, -0.25) is 15.2 Å². The van der Waals surface area contributed by atoms with Crippen LogP contribution in [0.2, 0.25) is 0 Å². The third kappa shape index (κ3) is 5.96. The Hall–Kier alpha value is -2.98. The van der Waals surface area contributed by atoms with E-state index in [2.05, 4.69) is 10.3 Å². The summed E-state index contributed by atoms with van der Waals surface area (Å²) in [7, 11) is 0. The first-order valence-electron chi connectivity index (χ1n) is 12.8. The Morgan fingerprint density at radius 3 is 2.41 bits per heavy atom. The molecule has 10 heteroatoms. The Kier molecular flexibility index (Phi) is 8.10. The number of carbonyl (C=O) groups excluding carboxylic acids is 1. The van der Waals surface area contributed by atoms with Gasteiger partial charge < -0.3 is 4.74 Å². The van der Waals surface area contributed by atoms with Gasteiger partial charge in [0.25, 0.3) is 0 Å². The van der Waals surface area contributed by atoms with Crippen LogP contribution in [0.25, 0.3) is 0 Å². The fourth-order valence-corrected chi connectivity index (χ4v) is 6.09. The summed E-state index contributed by atoms with van der Waals surface area (Å²) in [6.45, 7) is 7.13. The zero-order valence-corrected chi connectivity index (χ0v) is 23.3. The van der Waals surface area contributed by atoms with Crippen LogP contribution in [0.15, 0.2) is 60.8 Å². The van der Waals surface area contributed by atoms with Crippen molar-refractivity contribution in [3.05, 3.63) is 82.1 Å². The van der Waals surface area contributed by atoms with Gasteiger partial charge in [-0.2, -0.15) is 17.6 Å². The molecule has 2 atom stereocenters. The van der Waals surface area contributed by atoms with Crippen LogP contribution in [0.4, 0.5) is 28.0 Å². The van der Waals surface area contributed by atoms with E-state index in [1.807, 2.05) is 37.8 Å². The predicted octanol–water partition coefficient (Wildman–Crippen LogP) is 7.72. The number of amides is 1. The van der Waals surface area contributed by atoms with Crippen LogP contribution >= 0.6 is 11.3 Å². The predicted molar refractivity (Wildman–Crippen MR) is 144 cm³/mol. The van der Waals surface area contributed by atoms with E-state index in [0.29, 0.717) is 17.1 Å². The standard InChI is InChI=1S/C29H33F4N3O2S/c1-20-10-11-21(18-34-20)26(2,3)36-17-16-28(19-36,15-14-23-12-13-24(30)39-23)27(4,29(31,32)33)38-25(37)35-22-8-6-5-7-9-22/h5-13,18H,14-17,19H2,1-4H3,(H,35,37)/t27?,28-/m1/s1. The van der Waals surface area contributed by atoms with Gasteiger partial charge in [0.15, 0.2) is 5.13 Å². The van der Waals surface area contributed by atoms with Gasteiger partial charge in [-0.1, -0.05) is 24.3 Å². The fraction of sp³-hybridized carbons (Fsp3) is 0.448. The van der Waals surface area contributed by atoms with E-state index in [0.717, 1.165) is 29.5 Å². The molecular weight excluding hydrogens is 530 g/mol. The van der Waals surface area contributed by atoms with E-state index in [9.17, 15) is 9.18 Å². The van der Waals surface area contributed by atoms with Gasteiger partial charge in [-0.25, -0.2) is 4.79 Å². The lowest BCUT2D eigenvalue weighted by Gasteiger charge is -2.47. The molecule has 0 aliphatic carbocycles. The highest BCUT2D eigenvalue weighted by atomic mass is 32.1. The lowest BCUT2D eigenvalue weighted by Crippen LogP contribution is -2.61. The van der Waals surface area contributed by atoms with Gasteiger partial charge in [0.1, 0.15) is 0 Å². The van der Waals surface area contributed by atoms with E-state index in [1.54, 1.807) is 42.6 Å². The number of rotatable bonds is 8. The van der Waals surface area contributed by atoms with E-state index in [1.165, 1.54) is 6.07 Å². The highest BCUT2D eigenvalue weighted by Gasteiger charge is 2.68. The molecule has 3 heterocycles. The van der Waals surface area contributed by atoms with Crippen molar-refractivity contribution in [3.63, 3.8) is 0 Å². The lowest BCUT2D eigenvalue weighted by molar-refractivity contribution is -0.291. The summed E-state index contributed by atoms with van der Waals surface area (Å²) in [6, 6.07) is 14.9. The second kappa shape index (κ2) is 10.9. The molecule has 0 spiro atoms. The third-order valence-electron chi connectivity index (χ3n) is 8.11. The molecule has 3 aromatic rings. The summed E-state index contributed by atoms with van der Waals surface area (Å²) < 4.78 is 64.2. The zero-order valence-electron chi connectivity index (χ0n) is 22.4. The fourth-order valence-electron chi connectivity index (χ4n) is 5.36. The van der Waals surface area contributed by atoms with Gasteiger partial charge in [0, 0.05) is 40.0 Å². The van der Waals surface area contributed by atoms with E-state index in [4.69, 9.17) is 4.74 Å². The molecule has 1 aromatic carbocycles. The van der Waals surface area contributed by atoms with Crippen LogP contribution in [0.1, 0.15) is 49.7 Å². The van der Waals surface area contributed by atoms with Crippen molar-refractivity contribution in [2.24, 2.45) is 5.41 Å². The minimum atomic E-state index is -4.87. The molecule has 39 heavy (non-hydrogen) atoms. The molecule has 0 radical (unpaired) electrons. The van der Waals surface area contributed by atoms with Crippen LogP contribution in [-0.4, -0.2) is 40.8 Å². The molecule has 1 N–H and O–H groups in total. The number of thiophene rings is 1. The summed E-state index contributed by atoms with van der Waals surface area (Å²) >= 11 is 0.918. The molecule has 1 amide bonds. The van der Waals surface area contributed by atoms with E-state index in [-0.39, 0.29) is 25.8 Å². The molecular formula is C29H33F4N3O2S. The topological polar surface area (TPSA) is 54.5 Å². The van der Waals surface area contributed by atoms with Crippen molar-refractivity contribution >= 4 is 23.1 Å². The monoisotopic (exact) mass is 563 g/mol. The van der Waals surface area contributed by atoms with Crippen molar-refractivity contribution in [2.45, 2.75) is 64.3 Å². The number of benzene rings is 1. The van der Waals surface area contributed by atoms with Crippen molar-refractivity contribution in [1.82, 2.24) is 9.88 Å². The van der Waals surface area contributed by atoms with E-state index >= 15 is 13.2 Å². The number of hydrogen-bond acceptors (Lipinski definition) is 5. The van der Waals surface area contributed by atoms with Crippen molar-refractivity contribution < 1.29 is 27.1 Å². The number of aromatic nitrogens is 1. The van der Waals surface area contributed by atoms with E-state index < -0.39 is 34.0 Å². The second-order valence-electron chi connectivity index (χ2n) is 10.8. The minimum absolute atomic E-state index is 0.0242. The van der Waals surface area contributed by atoms with Gasteiger partial charge >= 0.3 is 12.3 Å². The molecule has 1 aliphatic heterocycles. The zero-order chi connectivity index (χ0) is 28.5. The number of hydrogen-bond donors (Lipinski definition) is 1. The number of anilines is 1. The second-order valence-corrected chi connectivity index (χ2v) is 11.9.